The average Bonchev–Trinajstić information content (AvgIpc) is 2.42. The minimum absolute atomic E-state index is 0.341. The van der Waals surface area contributed by atoms with Crippen LogP contribution in [0.25, 0.3) is 0 Å². The largest absolute Gasteiger partial charge is 0.493 e. The van der Waals surface area contributed by atoms with Crippen molar-refractivity contribution in [2.45, 2.75) is 19.8 Å². The van der Waals surface area contributed by atoms with E-state index in [-0.39, 0.29) is 0 Å². The third kappa shape index (κ3) is 5.44. The van der Waals surface area contributed by atoms with Gasteiger partial charge in [0.15, 0.2) is 11.5 Å². The van der Waals surface area contributed by atoms with Gasteiger partial charge in [0.05, 0.1) is 13.7 Å². The second-order valence-electron chi connectivity index (χ2n) is 4.04. The van der Waals surface area contributed by atoms with E-state index in [0.29, 0.717) is 29.7 Å². The molecule has 5 heteroatoms. The van der Waals surface area contributed by atoms with Gasteiger partial charge in [0.25, 0.3) is 0 Å². The van der Waals surface area contributed by atoms with Crippen molar-refractivity contribution in [1.82, 2.24) is 0 Å². The Balaban J connectivity index is 2.47. The number of thiocarbonyl (C=S) groups is 1. The van der Waals surface area contributed by atoms with Gasteiger partial charge in [-0.1, -0.05) is 25.6 Å². The average molecular weight is 283 g/mol. The highest BCUT2D eigenvalue weighted by atomic mass is 32.1. The van der Waals surface area contributed by atoms with Crippen LogP contribution in [0.15, 0.2) is 18.2 Å². The maximum absolute atomic E-state index is 5.61. The molecule has 0 aromatic heterocycles. The summed E-state index contributed by atoms with van der Waals surface area (Å²) in [6, 6.07) is 5.40. The summed E-state index contributed by atoms with van der Waals surface area (Å²) in [4.78, 5) is 0.341. The zero-order valence-electron chi connectivity index (χ0n) is 11.5. The van der Waals surface area contributed by atoms with Crippen molar-refractivity contribution in [3.63, 3.8) is 0 Å². The highest BCUT2D eigenvalue weighted by molar-refractivity contribution is 7.80. The van der Waals surface area contributed by atoms with E-state index in [1.807, 2.05) is 6.07 Å². The van der Waals surface area contributed by atoms with E-state index in [0.717, 1.165) is 25.0 Å². The molecule has 4 nitrogen and oxygen atoms in total. The smallest absolute Gasteiger partial charge is 0.161 e. The third-order valence-electron chi connectivity index (χ3n) is 2.58. The predicted octanol–water partition coefficient (Wildman–Crippen LogP) is 2.52. The number of hydrogen-bond acceptors (Lipinski definition) is 4. The molecule has 0 radical (unpaired) electrons. The van der Waals surface area contributed by atoms with Gasteiger partial charge < -0.3 is 19.9 Å². The standard InChI is InChI=1S/C14H21NO3S/c1-3-4-7-17-8-9-18-12-6-5-11(14(15)19)10-13(12)16-2/h5-6,10H,3-4,7-9H2,1-2H3,(H2,15,19). The van der Waals surface area contributed by atoms with Crippen LogP contribution in [0.5, 0.6) is 11.5 Å². The lowest BCUT2D eigenvalue weighted by atomic mass is 10.2. The summed E-state index contributed by atoms with van der Waals surface area (Å²) in [5.41, 5.74) is 6.33. The third-order valence-corrected chi connectivity index (χ3v) is 2.81. The van der Waals surface area contributed by atoms with Crippen LogP contribution in [-0.2, 0) is 4.74 Å². The zero-order chi connectivity index (χ0) is 14.1. The number of nitrogens with two attached hydrogens (primary N) is 1. The monoisotopic (exact) mass is 283 g/mol. The molecule has 0 aliphatic rings. The number of hydrogen-bond donors (Lipinski definition) is 1. The van der Waals surface area contributed by atoms with Crippen LogP contribution in [0.4, 0.5) is 0 Å². The Morgan fingerprint density at radius 2 is 2.00 bits per heavy atom. The fraction of sp³-hybridized carbons (Fsp3) is 0.500. The highest BCUT2D eigenvalue weighted by Gasteiger charge is 2.07. The first-order chi connectivity index (χ1) is 9.19. The van der Waals surface area contributed by atoms with Gasteiger partial charge in [-0.15, -0.1) is 0 Å². The quantitative estimate of drug-likeness (QED) is 0.557. The van der Waals surface area contributed by atoms with Crippen molar-refractivity contribution >= 4 is 17.2 Å². The summed E-state index contributed by atoms with van der Waals surface area (Å²) in [6.07, 6.45) is 2.21. The predicted molar refractivity (Wildman–Crippen MR) is 80.1 cm³/mol. The Hall–Kier alpha value is -1.33. The molecule has 0 spiro atoms. The van der Waals surface area contributed by atoms with Gasteiger partial charge >= 0.3 is 0 Å². The molecule has 0 saturated carbocycles. The van der Waals surface area contributed by atoms with Crippen LogP contribution in [0.1, 0.15) is 25.3 Å². The minimum Gasteiger partial charge on any atom is -0.493 e. The van der Waals surface area contributed by atoms with Crippen molar-refractivity contribution in [2.75, 3.05) is 26.9 Å². The maximum atomic E-state index is 5.61. The molecular formula is C14H21NO3S. The molecule has 0 bridgehead atoms. The fourth-order valence-electron chi connectivity index (χ4n) is 1.50. The first kappa shape index (κ1) is 15.7. The Morgan fingerprint density at radius 3 is 2.63 bits per heavy atom. The van der Waals surface area contributed by atoms with E-state index in [4.69, 9.17) is 32.2 Å². The number of methoxy groups -OCH3 is 1. The molecule has 0 aliphatic carbocycles. The number of ether oxygens (including phenoxy) is 3. The van der Waals surface area contributed by atoms with Crippen LogP contribution < -0.4 is 15.2 Å². The van der Waals surface area contributed by atoms with E-state index < -0.39 is 0 Å². The molecular weight excluding hydrogens is 262 g/mol. The number of benzene rings is 1. The lowest BCUT2D eigenvalue weighted by Crippen LogP contribution is -2.11. The molecule has 0 saturated heterocycles. The fourth-order valence-corrected chi connectivity index (χ4v) is 1.63. The Kier molecular flexibility index (Phi) is 7.22. The molecule has 1 aromatic rings. The van der Waals surface area contributed by atoms with E-state index in [9.17, 15) is 0 Å². The molecule has 0 unspecified atom stereocenters. The second kappa shape index (κ2) is 8.72. The molecule has 0 fully saturated rings. The molecule has 1 rings (SSSR count). The van der Waals surface area contributed by atoms with Gasteiger partial charge in [0, 0.05) is 12.2 Å². The molecule has 2 N–H and O–H groups in total. The maximum Gasteiger partial charge on any atom is 0.161 e. The normalized spacial score (nSPS) is 10.2. The number of rotatable bonds is 9. The molecule has 1 aromatic carbocycles. The second-order valence-corrected chi connectivity index (χ2v) is 4.48. The van der Waals surface area contributed by atoms with E-state index in [2.05, 4.69) is 6.92 Å². The minimum atomic E-state index is 0.341. The van der Waals surface area contributed by atoms with Crippen LogP contribution >= 0.6 is 12.2 Å². The van der Waals surface area contributed by atoms with Crippen molar-refractivity contribution < 1.29 is 14.2 Å². The van der Waals surface area contributed by atoms with E-state index in [1.165, 1.54) is 0 Å². The van der Waals surface area contributed by atoms with Gasteiger partial charge in [-0.05, 0) is 24.6 Å². The highest BCUT2D eigenvalue weighted by Crippen LogP contribution is 2.27. The lowest BCUT2D eigenvalue weighted by Gasteiger charge is -2.12. The van der Waals surface area contributed by atoms with Gasteiger partial charge in [0.2, 0.25) is 0 Å². The van der Waals surface area contributed by atoms with Crippen LogP contribution in [0.3, 0.4) is 0 Å². The first-order valence-electron chi connectivity index (χ1n) is 6.37. The zero-order valence-corrected chi connectivity index (χ0v) is 12.3. The van der Waals surface area contributed by atoms with E-state index in [1.54, 1.807) is 19.2 Å². The molecule has 0 heterocycles. The Bertz CT molecular complexity index is 410. The van der Waals surface area contributed by atoms with Gasteiger partial charge in [-0.3, -0.25) is 0 Å². The number of unbranched alkanes of at least 4 members (excludes halogenated alkanes) is 1. The SMILES string of the molecule is CCCCOCCOc1ccc(C(N)=S)cc1OC. The van der Waals surface area contributed by atoms with Crippen molar-refractivity contribution in [3.8, 4) is 11.5 Å². The van der Waals surface area contributed by atoms with Crippen molar-refractivity contribution in [1.29, 1.82) is 0 Å². The molecule has 106 valence electrons. The van der Waals surface area contributed by atoms with Crippen LogP contribution in [0.2, 0.25) is 0 Å². The molecule has 0 aliphatic heterocycles. The van der Waals surface area contributed by atoms with Crippen LogP contribution in [-0.4, -0.2) is 31.9 Å². The lowest BCUT2D eigenvalue weighted by molar-refractivity contribution is 0.0970. The Morgan fingerprint density at radius 1 is 1.21 bits per heavy atom. The summed E-state index contributed by atoms with van der Waals surface area (Å²) < 4.78 is 16.3. The summed E-state index contributed by atoms with van der Waals surface area (Å²) in [6.45, 7) is 3.97. The molecule has 0 atom stereocenters. The summed E-state index contributed by atoms with van der Waals surface area (Å²) in [5, 5.41) is 0. The van der Waals surface area contributed by atoms with Crippen molar-refractivity contribution in [3.05, 3.63) is 23.8 Å². The molecule has 19 heavy (non-hydrogen) atoms. The Labute approximate surface area is 119 Å². The topological polar surface area (TPSA) is 53.7 Å². The van der Waals surface area contributed by atoms with E-state index >= 15 is 0 Å². The van der Waals surface area contributed by atoms with Gasteiger partial charge in [-0.25, -0.2) is 0 Å². The molecule has 0 amide bonds. The van der Waals surface area contributed by atoms with Gasteiger partial charge in [-0.2, -0.15) is 0 Å². The van der Waals surface area contributed by atoms with Crippen LogP contribution in [0, 0.1) is 0 Å². The van der Waals surface area contributed by atoms with Crippen molar-refractivity contribution in [2.24, 2.45) is 5.73 Å². The summed E-state index contributed by atoms with van der Waals surface area (Å²) >= 11 is 4.92. The summed E-state index contributed by atoms with van der Waals surface area (Å²) in [7, 11) is 1.59. The first-order valence-corrected chi connectivity index (χ1v) is 6.78. The van der Waals surface area contributed by atoms with Gasteiger partial charge in [0.1, 0.15) is 11.6 Å². The summed E-state index contributed by atoms with van der Waals surface area (Å²) in [5.74, 6) is 1.29.